The maximum atomic E-state index is 13.8. The second-order valence-corrected chi connectivity index (χ2v) is 7.66. The summed E-state index contributed by atoms with van der Waals surface area (Å²) in [5.74, 6) is -0.0800. The lowest BCUT2D eigenvalue weighted by Crippen LogP contribution is -2.38. The van der Waals surface area contributed by atoms with Gasteiger partial charge in [0.25, 0.3) is 5.56 Å². The molecule has 1 aromatic carbocycles. The van der Waals surface area contributed by atoms with Crippen LogP contribution in [0.15, 0.2) is 29.1 Å². The number of amides is 2. The van der Waals surface area contributed by atoms with Gasteiger partial charge >= 0.3 is 0 Å². The van der Waals surface area contributed by atoms with E-state index in [0.717, 1.165) is 0 Å². The van der Waals surface area contributed by atoms with E-state index in [2.05, 4.69) is 9.97 Å². The highest BCUT2D eigenvalue weighted by Gasteiger charge is 2.31. The molecule has 1 fully saturated rings. The molecule has 8 heteroatoms. The van der Waals surface area contributed by atoms with Crippen LogP contribution in [0.1, 0.15) is 41.9 Å². The molecule has 1 saturated heterocycles. The molecule has 4 rings (SSSR count). The average Bonchev–Trinajstić information content (AvgIpc) is 3.19. The van der Waals surface area contributed by atoms with Gasteiger partial charge in [0, 0.05) is 38.0 Å². The van der Waals surface area contributed by atoms with Gasteiger partial charge in [-0.2, -0.15) is 0 Å². The zero-order valence-electron chi connectivity index (χ0n) is 16.3. The van der Waals surface area contributed by atoms with Crippen LogP contribution in [0, 0.1) is 5.82 Å². The second kappa shape index (κ2) is 7.77. The number of hydrogen-bond acceptors (Lipinski definition) is 4. The normalized spacial score (nSPS) is 18.6. The molecule has 0 saturated carbocycles. The number of aromatic amines is 1. The average molecular weight is 398 g/mol. The molecule has 2 aliphatic heterocycles. The molecule has 0 aliphatic carbocycles. The number of likely N-dealkylation sites (tertiary alicyclic amines) is 1. The number of nitrogens with zero attached hydrogens (tertiary/aromatic N) is 3. The summed E-state index contributed by atoms with van der Waals surface area (Å²) in [4.78, 5) is 47.6. The molecule has 2 amide bonds. The van der Waals surface area contributed by atoms with Gasteiger partial charge < -0.3 is 14.8 Å². The molecule has 0 spiro atoms. The standard InChI is InChI=1S/C21H23FN4O3/c1-13(27)25-9-7-16-18(12-25)23-20(24-21(16)29)15-6-8-26(11-15)19(28)10-14-4-2-3-5-17(14)22/h2-5,15H,6-12H2,1H3,(H,23,24,29)/t15-/m0/s1. The predicted molar refractivity (Wildman–Crippen MR) is 104 cm³/mol. The van der Waals surface area contributed by atoms with Gasteiger partial charge in [0.05, 0.1) is 18.7 Å². The first kappa shape index (κ1) is 19.3. The quantitative estimate of drug-likeness (QED) is 0.846. The predicted octanol–water partition coefficient (Wildman–Crippen LogP) is 1.37. The first-order chi connectivity index (χ1) is 13.9. The topological polar surface area (TPSA) is 86.4 Å². The van der Waals surface area contributed by atoms with Crippen LogP contribution < -0.4 is 5.56 Å². The van der Waals surface area contributed by atoms with E-state index in [9.17, 15) is 18.8 Å². The first-order valence-corrected chi connectivity index (χ1v) is 9.81. The SMILES string of the molecule is CC(=O)N1CCc2c(nc([C@H]3CCN(C(=O)Cc4ccccc4F)C3)[nH]c2=O)C1. The molecule has 152 valence electrons. The highest BCUT2D eigenvalue weighted by Crippen LogP contribution is 2.26. The number of H-pyrrole nitrogens is 1. The Balaban J connectivity index is 1.48. The Morgan fingerprint density at radius 1 is 1.24 bits per heavy atom. The van der Waals surface area contributed by atoms with Gasteiger partial charge in [0.15, 0.2) is 0 Å². The molecule has 2 aromatic rings. The van der Waals surface area contributed by atoms with Gasteiger partial charge in [-0.3, -0.25) is 14.4 Å². The minimum Gasteiger partial charge on any atom is -0.342 e. The van der Waals surface area contributed by atoms with Crippen molar-refractivity contribution in [1.29, 1.82) is 0 Å². The number of fused-ring (bicyclic) bond motifs is 1. The van der Waals surface area contributed by atoms with E-state index in [1.165, 1.54) is 13.0 Å². The van der Waals surface area contributed by atoms with Crippen molar-refractivity contribution < 1.29 is 14.0 Å². The summed E-state index contributed by atoms with van der Waals surface area (Å²) in [6.07, 6.45) is 1.19. The number of rotatable bonds is 3. The van der Waals surface area contributed by atoms with Gasteiger partial charge in [0.2, 0.25) is 11.8 Å². The summed E-state index contributed by atoms with van der Waals surface area (Å²) < 4.78 is 13.8. The molecule has 0 radical (unpaired) electrons. The molecule has 1 atom stereocenters. The lowest BCUT2D eigenvalue weighted by Gasteiger charge is -2.27. The van der Waals surface area contributed by atoms with E-state index in [1.807, 2.05) is 0 Å². The van der Waals surface area contributed by atoms with E-state index in [0.29, 0.717) is 61.7 Å². The zero-order valence-corrected chi connectivity index (χ0v) is 16.3. The van der Waals surface area contributed by atoms with Crippen LogP contribution >= 0.6 is 0 Å². The number of benzene rings is 1. The molecule has 3 heterocycles. The summed E-state index contributed by atoms with van der Waals surface area (Å²) in [5.41, 5.74) is 1.49. The Hall–Kier alpha value is -3.03. The number of carbonyl (C=O) groups is 2. The molecule has 7 nitrogen and oxygen atoms in total. The zero-order chi connectivity index (χ0) is 20.5. The van der Waals surface area contributed by atoms with Crippen LogP contribution in [0.2, 0.25) is 0 Å². The van der Waals surface area contributed by atoms with Crippen molar-refractivity contribution in [1.82, 2.24) is 19.8 Å². The van der Waals surface area contributed by atoms with Crippen molar-refractivity contribution in [2.75, 3.05) is 19.6 Å². The monoisotopic (exact) mass is 398 g/mol. The third-order valence-corrected chi connectivity index (χ3v) is 5.76. The number of hydrogen-bond donors (Lipinski definition) is 1. The Morgan fingerprint density at radius 3 is 2.79 bits per heavy atom. The third kappa shape index (κ3) is 3.92. The minimum absolute atomic E-state index is 0.0150. The van der Waals surface area contributed by atoms with Crippen LogP contribution in [-0.2, 0) is 29.0 Å². The van der Waals surface area contributed by atoms with E-state index in [1.54, 1.807) is 28.0 Å². The molecule has 1 aromatic heterocycles. The van der Waals surface area contributed by atoms with E-state index >= 15 is 0 Å². The van der Waals surface area contributed by atoms with Crippen molar-refractivity contribution in [3.05, 3.63) is 63.1 Å². The number of halogens is 1. The third-order valence-electron chi connectivity index (χ3n) is 5.76. The highest BCUT2D eigenvalue weighted by atomic mass is 19.1. The van der Waals surface area contributed by atoms with Crippen molar-refractivity contribution in [3.63, 3.8) is 0 Å². The molecule has 0 unspecified atom stereocenters. The van der Waals surface area contributed by atoms with Gasteiger partial charge in [-0.25, -0.2) is 9.37 Å². The highest BCUT2D eigenvalue weighted by molar-refractivity contribution is 5.79. The maximum Gasteiger partial charge on any atom is 0.254 e. The minimum atomic E-state index is -0.382. The summed E-state index contributed by atoms with van der Waals surface area (Å²) in [7, 11) is 0. The van der Waals surface area contributed by atoms with Gasteiger partial charge in [-0.05, 0) is 24.5 Å². The van der Waals surface area contributed by atoms with E-state index in [-0.39, 0.29) is 35.5 Å². The van der Waals surface area contributed by atoms with Gasteiger partial charge in [-0.15, -0.1) is 0 Å². The molecule has 1 N–H and O–H groups in total. The van der Waals surface area contributed by atoms with Crippen LogP contribution in [0.3, 0.4) is 0 Å². The van der Waals surface area contributed by atoms with Crippen LogP contribution in [0.5, 0.6) is 0 Å². The summed E-state index contributed by atoms with van der Waals surface area (Å²) in [6, 6.07) is 6.27. The number of aromatic nitrogens is 2. The molecule has 2 aliphatic rings. The van der Waals surface area contributed by atoms with Crippen molar-refractivity contribution in [2.24, 2.45) is 0 Å². The fraction of sp³-hybridized carbons (Fsp3) is 0.429. The lowest BCUT2D eigenvalue weighted by molar-refractivity contribution is -0.130. The Labute approximate surface area is 167 Å². The summed E-state index contributed by atoms with van der Waals surface area (Å²) in [5, 5.41) is 0. The molecule has 0 bridgehead atoms. The Bertz CT molecular complexity index is 1020. The summed E-state index contributed by atoms with van der Waals surface area (Å²) >= 11 is 0. The summed E-state index contributed by atoms with van der Waals surface area (Å²) in [6.45, 7) is 3.34. The molecule has 29 heavy (non-hydrogen) atoms. The van der Waals surface area contributed by atoms with E-state index < -0.39 is 0 Å². The lowest BCUT2D eigenvalue weighted by atomic mass is 10.0. The Kier molecular flexibility index (Phi) is 5.17. The fourth-order valence-corrected chi connectivity index (χ4v) is 4.05. The van der Waals surface area contributed by atoms with Crippen molar-refractivity contribution in [2.45, 2.75) is 38.6 Å². The van der Waals surface area contributed by atoms with Crippen LogP contribution in [0.4, 0.5) is 4.39 Å². The fourth-order valence-electron chi connectivity index (χ4n) is 4.05. The van der Waals surface area contributed by atoms with Gasteiger partial charge in [-0.1, -0.05) is 18.2 Å². The molecular weight excluding hydrogens is 375 g/mol. The number of nitrogens with one attached hydrogen (secondary N) is 1. The van der Waals surface area contributed by atoms with Gasteiger partial charge in [0.1, 0.15) is 11.6 Å². The maximum absolute atomic E-state index is 13.8. The van der Waals surface area contributed by atoms with Crippen LogP contribution in [0.25, 0.3) is 0 Å². The van der Waals surface area contributed by atoms with Crippen molar-refractivity contribution in [3.8, 4) is 0 Å². The first-order valence-electron chi connectivity index (χ1n) is 9.81. The number of carbonyl (C=O) groups excluding carboxylic acids is 2. The largest absolute Gasteiger partial charge is 0.342 e. The van der Waals surface area contributed by atoms with E-state index in [4.69, 9.17) is 0 Å². The Morgan fingerprint density at radius 2 is 2.03 bits per heavy atom. The van der Waals surface area contributed by atoms with Crippen LogP contribution in [-0.4, -0.2) is 51.2 Å². The second-order valence-electron chi connectivity index (χ2n) is 7.66. The smallest absolute Gasteiger partial charge is 0.254 e. The molecular formula is C21H23FN4O3. The van der Waals surface area contributed by atoms with Crippen molar-refractivity contribution >= 4 is 11.8 Å².